The van der Waals surface area contributed by atoms with E-state index in [1.165, 1.54) is 15.2 Å². The third-order valence-electron chi connectivity index (χ3n) is 4.91. The molecule has 4 rings (SSSR count). The Balaban J connectivity index is 1.60. The van der Waals surface area contributed by atoms with E-state index >= 15 is 0 Å². The highest BCUT2D eigenvalue weighted by molar-refractivity contribution is 7.89. The molecule has 0 unspecified atom stereocenters. The Labute approximate surface area is 151 Å². The predicted octanol–water partition coefficient (Wildman–Crippen LogP) is 2.73. The minimum absolute atomic E-state index is 0.113. The summed E-state index contributed by atoms with van der Waals surface area (Å²) in [4.78, 5) is 15.7. The quantitative estimate of drug-likeness (QED) is 0.824. The lowest BCUT2D eigenvalue weighted by Crippen LogP contribution is -2.35. The molecule has 132 valence electrons. The molecule has 7 heteroatoms. The van der Waals surface area contributed by atoms with Gasteiger partial charge in [0.05, 0.1) is 4.90 Å². The van der Waals surface area contributed by atoms with E-state index < -0.39 is 10.0 Å². The van der Waals surface area contributed by atoms with E-state index in [-0.39, 0.29) is 10.8 Å². The Morgan fingerprint density at radius 2 is 2.08 bits per heavy atom. The number of sulfonamides is 1. The van der Waals surface area contributed by atoms with E-state index in [0.717, 1.165) is 24.8 Å². The number of nitrogens with zero attached hydrogens (tertiary/aromatic N) is 2. The van der Waals surface area contributed by atoms with Crippen LogP contribution in [0.3, 0.4) is 0 Å². The Kier molecular flexibility index (Phi) is 4.17. The summed E-state index contributed by atoms with van der Waals surface area (Å²) in [7, 11) is -1.82. The second-order valence-electron chi connectivity index (χ2n) is 6.63. The van der Waals surface area contributed by atoms with Crippen LogP contribution in [0.2, 0.25) is 0 Å². The Morgan fingerprint density at radius 3 is 2.84 bits per heavy atom. The number of rotatable bonds is 4. The number of hydrogen-bond acceptors (Lipinski definition) is 4. The van der Waals surface area contributed by atoms with Crippen LogP contribution >= 0.6 is 11.3 Å². The maximum absolute atomic E-state index is 13.0. The number of carbonyl (C=O) groups is 1. The first-order valence-electron chi connectivity index (χ1n) is 8.39. The first-order chi connectivity index (χ1) is 12.0. The van der Waals surface area contributed by atoms with Gasteiger partial charge in [-0.15, -0.1) is 11.3 Å². The third kappa shape index (κ3) is 3.12. The molecule has 1 fully saturated rings. The summed E-state index contributed by atoms with van der Waals surface area (Å²) in [5, 5.41) is 2.01. The van der Waals surface area contributed by atoms with Crippen molar-refractivity contribution in [2.24, 2.45) is 0 Å². The Hall–Kier alpha value is -1.70. The zero-order chi connectivity index (χ0) is 17.6. The van der Waals surface area contributed by atoms with Crippen LogP contribution in [0.5, 0.6) is 0 Å². The van der Waals surface area contributed by atoms with E-state index in [9.17, 15) is 13.2 Å². The molecule has 1 aliphatic heterocycles. The highest BCUT2D eigenvalue weighted by Gasteiger charge is 2.32. The minimum Gasteiger partial charge on any atom is -0.339 e. The Bertz CT molecular complexity index is 916. The second-order valence-corrected chi connectivity index (χ2v) is 9.57. The molecule has 0 spiro atoms. The van der Waals surface area contributed by atoms with Gasteiger partial charge in [0.2, 0.25) is 10.0 Å². The smallest absolute Gasteiger partial charge is 0.253 e. The monoisotopic (exact) mass is 376 g/mol. The first kappa shape index (κ1) is 16.8. The Morgan fingerprint density at radius 1 is 1.28 bits per heavy atom. The average Bonchev–Trinajstić information content (AvgIpc) is 3.37. The van der Waals surface area contributed by atoms with Crippen LogP contribution in [-0.2, 0) is 23.0 Å². The van der Waals surface area contributed by atoms with Crippen LogP contribution < -0.4 is 0 Å². The van der Waals surface area contributed by atoms with Crippen molar-refractivity contribution >= 4 is 27.3 Å². The third-order valence-corrected chi connectivity index (χ3v) is 7.77. The molecule has 0 bridgehead atoms. The molecule has 2 aliphatic rings. The predicted molar refractivity (Wildman–Crippen MR) is 97.2 cm³/mol. The lowest BCUT2D eigenvalue weighted by atomic mass is 10.1. The highest BCUT2D eigenvalue weighted by Crippen LogP contribution is 2.29. The van der Waals surface area contributed by atoms with Crippen LogP contribution in [0.15, 0.2) is 40.6 Å². The van der Waals surface area contributed by atoms with Gasteiger partial charge in [0.15, 0.2) is 0 Å². The number of thiophene rings is 1. The van der Waals surface area contributed by atoms with Crippen molar-refractivity contribution in [1.29, 1.82) is 0 Å². The second kappa shape index (κ2) is 6.23. The van der Waals surface area contributed by atoms with E-state index in [4.69, 9.17) is 0 Å². The van der Waals surface area contributed by atoms with E-state index in [1.807, 2.05) is 11.4 Å². The van der Waals surface area contributed by atoms with Gasteiger partial charge in [0.25, 0.3) is 5.91 Å². The number of hydrogen-bond donors (Lipinski definition) is 0. The van der Waals surface area contributed by atoms with Crippen LogP contribution in [0.1, 0.15) is 33.6 Å². The number of amides is 1. The number of benzene rings is 1. The zero-order valence-electron chi connectivity index (χ0n) is 14.0. The molecular weight excluding hydrogens is 356 g/mol. The molecule has 2 heterocycles. The van der Waals surface area contributed by atoms with Gasteiger partial charge in [-0.25, -0.2) is 8.42 Å². The van der Waals surface area contributed by atoms with Crippen molar-refractivity contribution in [3.05, 3.63) is 51.7 Å². The normalized spacial score (nSPS) is 18.0. The van der Waals surface area contributed by atoms with Crippen molar-refractivity contribution in [2.45, 2.75) is 36.7 Å². The molecule has 2 aromatic rings. The van der Waals surface area contributed by atoms with Gasteiger partial charge in [-0.05, 0) is 54.5 Å². The fourth-order valence-corrected chi connectivity index (χ4v) is 5.55. The summed E-state index contributed by atoms with van der Waals surface area (Å²) in [5.74, 6) is -0.113. The number of carbonyl (C=O) groups excluding carboxylic acids is 1. The fraction of sp³-hybridized carbons (Fsp3) is 0.389. The van der Waals surface area contributed by atoms with Gasteiger partial charge in [0.1, 0.15) is 0 Å². The van der Waals surface area contributed by atoms with Crippen LogP contribution in [0.4, 0.5) is 0 Å². The zero-order valence-corrected chi connectivity index (χ0v) is 15.6. The van der Waals surface area contributed by atoms with Gasteiger partial charge in [-0.2, -0.15) is 4.31 Å². The van der Waals surface area contributed by atoms with Crippen LogP contribution in [-0.4, -0.2) is 43.2 Å². The molecule has 0 radical (unpaired) electrons. The van der Waals surface area contributed by atoms with E-state index in [1.54, 1.807) is 41.5 Å². The van der Waals surface area contributed by atoms with Crippen LogP contribution in [0.25, 0.3) is 0 Å². The van der Waals surface area contributed by atoms with Crippen molar-refractivity contribution in [2.75, 3.05) is 13.6 Å². The highest BCUT2D eigenvalue weighted by atomic mass is 32.2. The molecular formula is C18H20N2O3S2. The molecule has 5 nitrogen and oxygen atoms in total. The largest absolute Gasteiger partial charge is 0.339 e. The molecule has 1 aromatic heterocycles. The molecule has 1 aromatic carbocycles. The van der Waals surface area contributed by atoms with Crippen molar-refractivity contribution < 1.29 is 13.2 Å². The molecule has 1 amide bonds. The SMILES string of the molecule is CN(C(=O)c1cccc(S(=O)(=O)N2CCc3sccc3C2)c1)C1CC1. The van der Waals surface area contributed by atoms with Crippen molar-refractivity contribution in [3.8, 4) is 0 Å². The minimum atomic E-state index is -3.60. The van der Waals surface area contributed by atoms with E-state index in [0.29, 0.717) is 24.7 Å². The summed E-state index contributed by atoms with van der Waals surface area (Å²) in [6.45, 7) is 0.886. The molecule has 0 saturated heterocycles. The fourth-order valence-electron chi connectivity index (χ4n) is 3.20. The van der Waals surface area contributed by atoms with Gasteiger partial charge in [-0.1, -0.05) is 6.07 Å². The summed E-state index contributed by atoms with van der Waals surface area (Å²) >= 11 is 1.68. The van der Waals surface area contributed by atoms with Gasteiger partial charge < -0.3 is 4.90 Å². The summed E-state index contributed by atoms with van der Waals surface area (Å²) < 4.78 is 27.5. The average molecular weight is 377 g/mol. The molecule has 0 atom stereocenters. The standard InChI is InChI=1S/C18H20N2O3S2/c1-19(15-5-6-15)18(21)13-3-2-4-16(11-13)25(22,23)20-9-7-17-14(12-20)8-10-24-17/h2-4,8,10-11,15H,5-7,9,12H2,1H3. The molecule has 1 saturated carbocycles. The van der Waals surface area contributed by atoms with Crippen LogP contribution in [0, 0.1) is 0 Å². The topological polar surface area (TPSA) is 57.7 Å². The summed E-state index contributed by atoms with van der Waals surface area (Å²) in [6, 6.07) is 8.72. The summed E-state index contributed by atoms with van der Waals surface area (Å²) in [5.41, 5.74) is 1.52. The maximum Gasteiger partial charge on any atom is 0.253 e. The van der Waals surface area contributed by atoms with Gasteiger partial charge in [0, 0.05) is 36.6 Å². The summed E-state index contributed by atoms with van der Waals surface area (Å²) in [6.07, 6.45) is 2.79. The molecule has 25 heavy (non-hydrogen) atoms. The maximum atomic E-state index is 13.0. The van der Waals surface area contributed by atoms with Crippen molar-refractivity contribution in [1.82, 2.24) is 9.21 Å². The van der Waals surface area contributed by atoms with Gasteiger partial charge in [-0.3, -0.25) is 4.79 Å². The first-order valence-corrected chi connectivity index (χ1v) is 10.7. The molecule has 1 aliphatic carbocycles. The van der Waals surface area contributed by atoms with Gasteiger partial charge >= 0.3 is 0 Å². The van der Waals surface area contributed by atoms with E-state index in [2.05, 4.69) is 0 Å². The lowest BCUT2D eigenvalue weighted by Gasteiger charge is -2.26. The lowest BCUT2D eigenvalue weighted by molar-refractivity contribution is 0.0785. The van der Waals surface area contributed by atoms with Crippen molar-refractivity contribution in [3.63, 3.8) is 0 Å². The number of fused-ring (bicyclic) bond motifs is 1. The molecule has 0 N–H and O–H groups in total.